The van der Waals surface area contributed by atoms with Crippen molar-refractivity contribution in [3.8, 4) is 22.9 Å². The lowest BCUT2D eigenvalue weighted by molar-refractivity contribution is -0.122. The molecule has 4 aromatic rings. The summed E-state index contributed by atoms with van der Waals surface area (Å²) in [4.78, 5) is 35.3. The Balaban J connectivity index is 1.17. The van der Waals surface area contributed by atoms with Gasteiger partial charge >= 0.3 is 0 Å². The van der Waals surface area contributed by atoms with Crippen LogP contribution in [0.5, 0.6) is 11.5 Å². The molecule has 34 heavy (non-hydrogen) atoms. The van der Waals surface area contributed by atoms with Gasteiger partial charge < -0.3 is 24.7 Å². The van der Waals surface area contributed by atoms with Crippen molar-refractivity contribution in [2.24, 2.45) is 5.92 Å². The van der Waals surface area contributed by atoms with Crippen LogP contribution in [-0.4, -0.2) is 41.5 Å². The van der Waals surface area contributed by atoms with Crippen LogP contribution in [-0.2, 0) is 9.59 Å². The molecule has 0 aliphatic carbocycles. The molecule has 1 aromatic heterocycles. The number of carbonyl (C=O) groups excluding carboxylic acids is 2. The maximum Gasteiger partial charge on any atom is 0.229 e. The van der Waals surface area contributed by atoms with E-state index in [9.17, 15) is 9.59 Å². The number of hydrogen-bond acceptors (Lipinski definition) is 5. The van der Waals surface area contributed by atoms with E-state index in [1.54, 1.807) is 17.0 Å². The number of aromatic amines is 1. The largest absolute Gasteiger partial charge is 0.486 e. The minimum atomic E-state index is -0.449. The Labute approximate surface area is 195 Å². The van der Waals surface area contributed by atoms with Crippen LogP contribution in [0, 0.1) is 5.92 Å². The summed E-state index contributed by atoms with van der Waals surface area (Å²) in [6.45, 7) is 1.30. The average molecular weight is 454 g/mol. The number of ether oxygens (including phenoxy) is 2. The van der Waals surface area contributed by atoms with Gasteiger partial charge in [0.2, 0.25) is 11.8 Å². The van der Waals surface area contributed by atoms with E-state index < -0.39 is 5.92 Å². The summed E-state index contributed by atoms with van der Waals surface area (Å²) in [7, 11) is 0. The van der Waals surface area contributed by atoms with Crippen molar-refractivity contribution in [2.45, 2.75) is 6.42 Å². The predicted octanol–water partition coefficient (Wildman–Crippen LogP) is 3.99. The monoisotopic (exact) mass is 454 g/mol. The Bertz CT molecular complexity index is 1380. The third kappa shape index (κ3) is 3.73. The molecule has 2 amide bonds. The molecule has 0 unspecified atom stereocenters. The van der Waals surface area contributed by atoms with Crippen LogP contribution in [0.1, 0.15) is 6.42 Å². The summed E-state index contributed by atoms with van der Waals surface area (Å²) in [5, 5.41) is 2.97. The van der Waals surface area contributed by atoms with E-state index in [4.69, 9.17) is 9.47 Å². The Kier molecular flexibility index (Phi) is 4.91. The fraction of sp³-hybridized carbons (Fsp3) is 0.192. The van der Waals surface area contributed by atoms with E-state index in [1.165, 1.54) is 0 Å². The second-order valence-electron chi connectivity index (χ2n) is 8.41. The molecule has 3 aromatic carbocycles. The van der Waals surface area contributed by atoms with E-state index >= 15 is 0 Å². The third-order valence-corrected chi connectivity index (χ3v) is 6.13. The SMILES string of the molecule is O=C(Nc1cccc(-c2nc3ccccc3[nH]2)c1)[C@H]1CC(=O)N(c2ccc3c(c2)OCCO3)C1. The lowest BCUT2D eigenvalue weighted by atomic mass is 10.1. The third-order valence-electron chi connectivity index (χ3n) is 6.13. The zero-order valence-corrected chi connectivity index (χ0v) is 18.3. The van der Waals surface area contributed by atoms with Crippen molar-refractivity contribution in [1.82, 2.24) is 9.97 Å². The quantitative estimate of drug-likeness (QED) is 0.486. The Morgan fingerprint density at radius 1 is 1.00 bits per heavy atom. The fourth-order valence-corrected chi connectivity index (χ4v) is 4.41. The highest BCUT2D eigenvalue weighted by atomic mass is 16.6. The lowest BCUT2D eigenvalue weighted by Crippen LogP contribution is -2.28. The van der Waals surface area contributed by atoms with Crippen molar-refractivity contribution >= 4 is 34.2 Å². The van der Waals surface area contributed by atoms with Crippen LogP contribution in [0.4, 0.5) is 11.4 Å². The molecule has 2 N–H and O–H groups in total. The molecular formula is C26H22N4O4. The summed E-state index contributed by atoms with van der Waals surface area (Å²) in [6.07, 6.45) is 0.156. The molecule has 0 radical (unpaired) electrons. The molecule has 1 saturated heterocycles. The first-order valence-electron chi connectivity index (χ1n) is 11.2. The number of benzene rings is 3. The zero-order valence-electron chi connectivity index (χ0n) is 18.3. The van der Waals surface area contributed by atoms with Gasteiger partial charge in [-0.25, -0.2) is 4.98 Å². The summed E-state index contributed by atoms with van der Waals surface area (Å²) >= 11 is 0. The van der Waals surface area contributed by atoms with E-state index in [-0.39, 0.29) is 18.2 Å². The summed E-state index contributed by atoms with van der Waals surface area (Å²) in [6, 6.07) is 20.8. The molecule has 8 nitrogen and oxygen atoms in total. The van der Waals surface area contributed by atoms with Crippen molar-refractivity contribution in [3.05, 3.63) is 66.7 Å². The standard InChI is InChI=1S/C26H22N4O4/c31-24-13-17(15-30(24)19-8-9-22-23(14-19)34-11-10-33-22)26(32)27-18-5-3-4-16(12-18)25-28-20-6-1-2-7-21(20)29-25/h1-9,12,14,17H,10-11,13,15H2,(H,27,32)(H,28,29)/t17-/m0/s1. The molecule has 0 saturated carbocycles. The van der Waals surface area contributed by atoms with Gasteiger partial charge in [0, 0.05) is 36.0 Å². The molecule has 0 bridgehead atoms. The highest BCUT2D eigenvalue weighted by Gasteiger charge is 2.35. The van der Waals surface area contributed by atoms with Gasteiger partial charge in [0.1, 0.15) is 19.0 Å². The highest BCUT2D eigenvalue weighted by Crippen LogP contribution is 2.36. The van der Waals surface area contributed by atoms with Crippen LogP contribution in [0.2, 0.25) is 0 Å². The van der Waals surface area contributed by atoms with Gasteiger partial charge in [-0.1, -0.05) is 24.3 Å². The molecule has 8 heteroatoms. The maximum atomic E-state index is 13.0. The van der Waals surface area contributed by atoms with Gasteiger partial charge in [-0.05, 0) is 36.4 Å². The number of imidazole rings is 1. The van der Waals surface area contributed by atoms with Crippen molar-refractivity contribution in [2.75, 3.05) is 30.0 Å². The van der Waals surface area contributed by atoms with E-state index in [0.717, 1.165) is 22.4 Å². The van der Waals surface area contributed by atoms with Crippen LogP contribution >= 0.6 is 0 Å². The van der Waals surface area contributed by atoms with Crippen LogP contribution < -0.4 is 19.7 Å². The molecule has 0 spiro atoms. The number of para-hydroxylation sites is 2. The Hall–Kier alpha value is -4.33. The van der Waals surface area contributed by atoms with Crippen LogP contribution in [0.25, 0.3) is 22.4 Å². The zero-order chi connectivity index (χ0) is 23.1. The number of anilines is 2. The molecule has 1 atom stereocenters. The topological polar surface area (TPSA) is 96.5 Å². The predicted molar refractivity (Wildman–Crippen MR) is 128 cm³/mol. The van der Waals surface area contributed by atoms with Gasteiger partial charge in [-0.15, -0.1) is 0 Å². The number of nitrogens with zero attached hydrogens (tertiary/aromatic N) is 2. The molecule has 2 aliphatic heterocycles. The van der Waals surface area contributed by atoms with E-state index in [0.29, 0.717) is 42.6 Å². The molecule has 170 valence electrons. The molecule has 6 rings (SSSR count). The Morgan fingerprint density at radius 3 is 2.74 bits per heavy atom. The number of rotatable bonds is 4. The lowest BCUT2D eigenvalue weighted by Gasteiger charge is -2.22. The van der Waals surface area contributed by atoms with Crippen LogP contribution in [0.3, 0.4) is 0 Å². The minimum Gasteiger partial charge on any atom is -0.486 e. The van der Waals surface area contributed by atoms with Gasteiger partial charge in [0.15, 0.2) is 11.5 Å². The molecule has 1 fully saturated rings. The first kappa shape index (κ1) is 20.3. The fourth-order valence-electron chi connectivity index (χ4n) is 4.41. The number of nitrogens with one attached hydrogen (secondary N) is 2. The summed E-state index contributed by atoms with van der Waals surface area (Å²) in [5.41, 5.74) is 4.07. The van der Waals surface area contributed by atoms with Crippen molar-refractivity contribution in [3.63, 3.8) is 0 Å². The first-order valence-corrected chi connectivity index (χ1v) is 11.2. The van der Waals surface area contributed by atoms with Gasteiger partial charge in [-0.3, -0.25) is 9.59 Å². The number of aromatic nitrogens is 2. The molecule has 2 aliphatic rings. The number of amides is 2. The Morgan fingerprint density at radius 2 is 1.85 bits per heavy atom. The second-order valence-corrected chi connectivity index (χ2v) is 8.41. The normalized spacial score (nSPS) is 17.2. The van der Waals surface area contributed by atoms with E-state index in [2.05, 4.69) is 15.3 Å². The van der Waals surface area contributed by atoms with Gasteiger partial charge in [0.25, 0.3) is 0 Å². The van der Waals surface area contributed by atoms with Crippen molar-refractivity contribution in [1.29, 1.82) is 0 Å². The minimum absolute atomic E-state index is 0.0899. The number of fused-ring (bicyclic) bond motifs is 2. The second kappa shape index (κ2) is 8.22. The number of hydrogen-bond donors (Lipinski definition) is 2. The molecule has 3 heterocycles. The maximum absolute atomic E-state index is 13.0. The summed E-state index contributed by atoms with van der Waals surface area (Å²) in [5.74, 6) is 1.30. The van der Waals surface area contributed by atoms with Crippen molar-refractivity contribution < 1.29 is 19.1 Å². The van der Waals surface area contributed by atoms with E-state index in [1.807, 2.05) is 54.6 Å². The van der Waals surface area contributed by atoms with Crippen LogP contribution in [0.15, 0.2) is 66.7 Å². The summed E-state index contributed by atoms with van der Waals surface area (Å²) < 4.78 is 11.2. The number of carbonyl (C=O) groups is 2. The van der Waals surface area contributed by atoms with Gasteiger partial charge in [0.05, 0.1) is 17.0 Å². The molecular weight excluding hydrogens is 432 g/mol. The van der Waals surface area contributed by atoms with Gasteiger partial charge in [-0.2, -0.15) is 0 Å². The average Bonchev–Trinajstić information content (AvgIpc) is 3.48. The number of H-pyrrole nitrogens is 1. The first-order chi connectivity index (χ1) is 16.6. The smallest absolute Gasteiger partial charge is 0.229 e. The highest BCUT2D eigenvalue weighted by molar-refractivity contribution is 6.03.